The molecule has 0 bridgehead atoms. The van der Waals surface area contributed by atoms with Gasteiger partial charge in [-0.2, -0.15) is 4.98 Å². The van der Waals surface area contributed by atoms with E-state index in [1.807, 2.05) is 25.1 Å². The summed E-state index contributed by atoms with van der Waals surface area (Å²) in [7, 11) is 1.76. The van der Waals surface area contributed by atoms with Crippen LogP contribution in [0.4, 0.5) is 21.8 Å². The zero-order valence-electron chi connectivity index (χ0n) is 12.8. The van der Waals surface area contributed by atoms with E-state index >= 15 is 0 Å². The maximum atomic E-state index is 13.2. The summed E-state index contributed by atoms with van der Waals surface area (Å²) in [5, 5.41) is 6.15. The van der Waals surface area contributed by atoms with Crippen molar-refractivity contribution in [3.05, 3.63) is 60.2 Å². The molecule has 116 valence electrons. The van der Waals surface area contributed by atoms with Crippen molar-refractivity contribution < 1.29 is 4.39 Å². The lowest BCUT2D eigenvalue weighted by atomic mass is 10.2. The SMILES string of the molecule is CNc1nc(Nc2ccc(F)cc2C)cc(-c2cccnc2)n1. The molecule has 0 radical (unpaired) electrons. The van der Waals surface area contributed by atoms with Crippen LogP contribution in [0.5, 0.6) is 0 Å². The van der Waals surface area contributed by atoms with Crippen molar-refractivity contribution in [1.82, 2.24) is 15.0 Å². The van der Waals surface area contributed by atoms with E-state index in [1.165, 1.54) is 12.1 Å². The molecule has 0 spiro atoms. The minimum atomic E-state index is -0.261. The number of aryl methyl sites for hydroxylation is 1. The summed E-state index contributed by atoms with van der Waals surface area (Å²) in [6.45, 7) is 1.84. The van der Waals surface area contributed by atoms with Gasteiger partial charge in [0.25, 0.3) is 0 Å². The number of hydrogen-bond donors (Lipinski definition) is 2. The monoisotopic (exact) mass is 309 g/mol. The molecule has 0 unspecified atom stereocenters. The Kier molecular flexibility index (Phi) is 4.14. The number of halogens is 1. The van der Waals surface area contributed by atoms with E-state index in [9.17, 15) is 4.39 Å². The molecule has 6 heteroatoms. The number of nitrogens with one attached hydrogen (secondary N) is 2. The van der Waals surface area contributed by atoms with E-state index < -0.39 is 0 Å². The average Bonchev–Trinajstić information content (AvgIpc) is 2.58. The number of anilines is 3. The number of aromatic nitrogens is 3. The third kappa shape index (κ3) is 3.42. The van der Waals surface area contributed by atoms with Gasteiger partial charge in [0.05, 0.1) is 5.69 Å². The molecule has 0 aliphatic rings. The van der Waals surface area contributed by atoms with Crippen molar-refractivity contribution in [2.75, 3.05) is 17.7 Å². The summed E-state index contributed by atoms with van der Waals surface area (Å²) in [4.78, 5) is 12.9. The quantitative estimate of drug-likeness (QED) is 0.768. The summed E-state index contributed by atoms with van der Waals surface area (Å²) in [6.07, 6.45) is 3.46. The van der Waals surface area contributed by atoms with Gasteiger partial charge in [-0.3, -0.25) is 4.98 Å². The second-order valence-corrected chi connectivity index (χ2v) is 5.04. The van der Waals surface area contributed by atoms with Gasteiger partial charge in [0.2, 0.25) is 5.95 Å². The predicted octanol–water partition coefficient (Wildman–Crippen LogP) is 3.77. The molecule has 3 aromatic rings. The second kappa shape index (κ2) is 6.39. The number of nitrogens with zero attached hydrogens (tertiary/aromatic N) is 3. The molecule has 2 N–H and O–H groups in total. The molecule has 23 heavy (non-hydrogen) atoms. The van der Waals surface area contributed by atoms with Crippen molar-refractivity contribution >= 4 is 17.5 Å². The molecule has 3 rings (SSSR count). The first-order valence-corrected chi connectivity index (χ1v) is 7.16. The van der Waals surface area contributed by atoms with Crippen LogP contribution in [0.3, 0.4) is 0 Å². The van der Waals surface area contributed by atoms with Crippen LogP contribution in [0, 0.1) is 12.7 Å². The molecule has 0 fully saturated rings. The fourth-order valence-electron chi connectivity index (χ4n) is 2.19. The van der Waals surface area contributed by atoms with Crippen LogP contribution in [0.1, 0.15) is 5.56 Å². The maximum absolute atomic E-state index is 13.2. The normalized spacial score (nSPS) is 10.4. The molecule has 5 nitrogen and oxygen atoms in total. The molecule has 0 aliphatic carbocycles. The molecule has 0 saturated heterocycles. The highest BCUT2D eigenvalue weighted by Gasteiger charge is 2.08. The lowest BCUT2D eigenvalue weighted by Gasteiger charge is -2.11. The third-order valence-electron chi connectivity index (χ3n) is 3.36. The molecule has 0 aliphatic heterocycles. The topological polar surface area (TPSA) is 62.7 Å². The fraction of sp³-hybridized carbons (Fsp3) is 0.118. The summed E-state index contributed by atoms with van der Waals surface area (Å²) < 4.78 is 13.2. The van der Waals surface area contributed by atoms with E-state index in [-0.39, 0.29) is 5.82 Å². The average molecular weight is 309 g/mol. The first-order chi connectivity index (χ1) is 11.2. The summed E-state index contributed by atoms with van der Waals surface area (Å²) in [5.74, 6) is 0.856. The van der Waals surface area contributed by atoms with Crippen LogP contribution in [0.2, 0.25) is 0 Å². The Labute approximate surface area is 133 Å². The van der Waals surface area contributed by atoms with Crippen molar-refractivity contribution in [2.45, 2.75) is 6.92 Å². The fourth-order valence-corrected chi connectivity index (χ4v) is 2.19. The van der Waals surface area contributed by atoms with Gasteiger partial charge in [-0.05, 0) is 42.8 Å². The molecule has 1 aromatic carbocycles. The van der Waals surface area contributed by atoms with Crippen molar-refractivity contribution in [1.29, 1.82) is 0 Å². The lowest BCUT2D eigenvalue weighted by Crippen LogP contribution is -2.03. The van der Waals surface area contributed by atoms with Crippen LogP contribution in [0.15, 0.2) is 48.8 Å². The van der Waals surface area contributed by atoms with Crippen LogP contribution in [0.25, 0.3) is 11.3 Å². The Bertz CT molecular complexity index is 820. The standard InChI is InChI=1S/C17H16FN5/c1-11-8-13(18)5-6-14(11)21-16-9-15(22-17(19-2)23-16)12-4-3-7-20-10-12/h3-10H,1-2H3,(H2,19,21,22,23). The molecule has 2 heterocycles. The van der Waals surface area contributed by atoms with Crippen molar-refractivity contribution in [3.8, 4) is 11.3 Å². The van der Waals surface area contributed by atoms with E-state index in [0.717, 1.165) is 22.5 Å². The van der Waals surface area contributed by atoms with E-state index in [4.69, 9.17) is 0 Å². The third-order valence-corrected chi connectivity index (χ3v) is 3.36. The summed E-state index contributed by atoms with van der Waals surface area (Å²) in [5.41, 5.74) is 3.24. The Morgan fingerprint density at radius 2 is 1.96 bits per heavy atom. The maximum Gasteiger partial charge on any atom is 0.224 e. The largest absolute Gasteiger partial charge is 0.357 e. The van der Waals surface area contributed by atoms with E-state index in [1.54, 1.807) is 25.5 Å². The highest BCUT2D eigenvalue weighted by Crippen LogP contribution is 2.24. The summed E-state index contributed by atoms with van der Waals surface area (Å²) in [6, 6.07) is 10.2. The highest BCUT2D eigenvalue weighted by atomic mass is 19.1. The molecule has 0 atom stereocenters. The molecular formula is C17H16FN5. The van der Waals surface area contributed by atoms with Crippen molar-refractivity contribution in [3.63, 3.8) is 0 Å². The lowest BCUT2D eigenvalue weighted by molar-refractivity contribution is 0.627. The summed E-state index contributed by atoms with van der Waals surface area (Å²) >= 11 is 0. The molecule has 0 amide bonds. The number of pyridine rings is 1. The smallest absolute Gasteiger partial charge is 0.224 e. The van der Waals surface area contributed by atoms with Gasteiger partial charge in [0.15, 0.2) is 0 Å². The molecule has 2 aromatic heterocycles. The minimum Gasteiger partial charge on any atom is -0.357 e. The number of rotatable bonds is 4. The Morgan fingerprint density at radius 1 is 1.09 bits per heavy atom. The van der Waals surface area contributed by atoms with Crippen molar-refractivity contribution in [2.24, 2.45) is 0 Å². The van der Waals surface area contributed by atoms with Gasteiger partial charge in [-0.1, -0.05) is 0 Å². The van der Waals surface area contributed by atoms with E-state index in [2.05, 4.69) is 25.6 Å². The van der Waals surface area contributed by atoms with Gasteiger partial charge in [-0.25, -0.2) is 9.37 Å². The number of benzene rings is 1. The molecule has 0 saturated carbocycles. The second-order valence-electron chi connectivity index (χ2n) is 5.04. The van der Waals surface area contributed by atoms with Crippen LogP contribution < -0.4 is 10.6 Å². The first kappa shape index (κ1) is 14.9. The Morgan fingerprint density at radius 3 is 2.65 bits per heavy atom. The van der Waals surface area contributed by atoms with Gasteiger partial charge in [0.1, 0.15) is 11.6 Å². The van der Waals surface area contributed by atoms with Crippen LogP contribution in [-0.4, -0.2) is 22.0 Å². The zero-order valence-corrected chi connectivity index (χ0v) is 12.8. The minimum absolute atomic E-state index is 0.261. The number of hydrogen-bond acceptors (Lipinski definition) is 5. The van der Waals surface area contributed by atoms with Gasteiger partial charge < -0.3 is 10.6 Å². The Balaban J connectivity index is 1.99. The van der Waals surface area contributed by atoms with Gasteiger partial charge in [-0.15, -0.1) is 0 Å². The van der Waals surface area contributed by atoms with Crippen LogP contribution in [-0.2, 0) is 0 Å². The predicted molar refractivity (Wildman–Crippen MR) is 89.2 cm³/mol. The van der Waals surface area contributed by atoms with Gasteiger partial charge >= 0.3 is 0 Å². The molecular weight excluding hydrogens is 293 g/mol. The Hall–Kier alpha value is -3.02. The zero-order chi connectivity index (χ0) is 16.2. The first-order valence-electron chi connectivity index (χ1n) is 7.16. The van der Waals surface area contributed by atoms with E-state index in [0.29, 0.717) is 11.8 Å². The van der Waals surface area contributed by atoms with Crippen LogP contribution >= 0.6 is 0 Å². The highest BCUT2D eigenvalue weighted by molar-refractivity contribution is 5.68. The van der Waals surface area contributed by atoms with Gasteiger partial charge in [0, 0.05) is 36.8 Å².